The Morgan fingerprint density at radius 1 is 1.16 bits per heavy atom. The van der Waals surface area contributed by atoms with E-state index in [9.17, 15) is 18.0 Å². The lowest BCUT2D eigenvalue weighted by molar-refractivity contribution is -0.0328. The van der Waals surface area contributed by atoms with Crippen molar-refractivity contribution in [3.05, 3.63) is 54.2 Å². The van der Waals surface area contributed by atoms with Gasteiger partial charge in [0, 0.05) is 16.8 Å². The number of hydrogen-bond acceptors (Lipinski definition) is 3. The van der Waals surface area contributed by atoms with Crippen LogP contribution in [0.5, 0.6) is 0 Å². The minimum atomic E-state index is -4.31. The first-order valence-corrected chi connectivity index (χ1v) is 8.04. The van der Waals surface area contributed by atoms with E-state index in [0.29, 0.717) is 11.3 Å². The number of amides is 2. The van der Waals surface area contributed by atoms with Gasteiger partial charge in [-0.1, -0.05) is 18.2 Å². The summed E-state index contributed by atoms with van der Waals surface area (Å²) in [5, 5.41) is 12.9. The molecule has 0 aliphatic carbocycles. The van der Waals surface area contributed by atoms with E-state index in [1.165, 1.54) is 12.1 Å². The zero-order valence-electron chi connectivity index (χ0n) is 12.7. The maximum Gasteiger partial charge on any atom is 0.446 e. The Morgan fingerprint density at radius 3 is 2.64 bits per heavy atom. The summed E-state index contributed by atoms with van der Waals surface area (Å²) in [6.45, 7) is 0.199. The molecular formula is C16H13F3N4OS. The van der Waals surface area contributed by atoms with Crippen molar-refractivity contribution in [3.63, 3.8) is 0 Å². The number of hydrogen-bond donors (Lipinski definition) is 3. The van der Waals surface area contributed by atoms with Crippen LogP contribution in [-0.2, 0) is 6.54 Å². The molecule has 0 unspecified atom stereocenters. The molecule has 0 fully saturated rings. The molecule has 1 aromatic heterocycles. The van der Waals surface area contributed by atoms with E-state index in [4.69, 9.17) is 0 Å². The molecule has 0 bridgehead atoms. The molecule has 3 aromatic rings. The number of alkyl halides is 3. The molecule has 0 aliphatic rings. The lowest BCUT2D eigenvalue weighted by Crippen LogP contribution is -2.28. The van der Waals surface area contributed by atoms with Gasteiger partial charge < -0.3 is 10.6 Å². The molecular weight excluding hydrogens is 353 g/mol. The number of carbonyl (C=O) groups excluding carboxylic acids is 1. The Labute approximate surface area is 145 Å². The summed E-state index contributed by atoms with van der Waals surface area (Å²) in [5.41, 5.74) is -2.20. The molecule has 130 valence electrons. The van der Waals surface area contributed by atoms with E-state index in [0.717, 1.165) is 10.9 Å². The van der Waals surface area contributed by atoms with E-state index >= 15 is 0 Å². The maximum absolute atomic E-state index is 12.3. The predicted octanol–water partition coefficient (Wildman–Crippen LogP) is 4.50. The van der Waals surface area contributed by atoms with Crippen LogP contribution in [0.2, 0.25) is 0 Å². The smallest absolute Gasteiger partial charge is 0.334 e. The zero-order valence-corrected chi connectivity index (χ0v) is 13.5. The van der Waals surface area contributed by atoms with Crippen molar-refractivity contribution in [2.75, 3.05) is 5.32 Å². The number of anilines is 1. The van der Waals surface area contributed by atoms with Gasteiger partial charge in [-0.25, -0.2) is 4.79 Å². The molecule has 0 saturated carbocycles. The fourth-order valence-electron chi connectivity index (χ4n) is 2.23. The molecule has 0 saturated heterocycles. The average molecular weight is 366 g/mol. The van der Waals surface area contributed by atoms with Crippen molar-refractivity contribution in [2.45, 2.75) is 16.9 Å². The Balaban J connectivity index is 1.56. The third-order valence-corrected chi connectivity index (χ3v) is 4.08. The number of fused-ring (bicyclic) bond motifs is 1. The van der Waals surface area contributed by atoms with Crippen LogP contribution >= 0.6 is 11.8 Å². The van der Waals surface area contributed by atoms with Crippen LogP contribution in [0.25, 0.3) is 10.9 Å². The minimum Gasteiger partial charge on any atom is -0.334 e. The molecule has 0 aliphatic heterocycles. The van der Waals surface area contributed by atoms with Gasteiger partial charge in [-0.15, -0.1) is 0 Å². The number of benzene rings is 2. The molecule has 9 heteroatoms. The number of thioether (sulfide) groups is 1. The topological polar surface area (TPSA) is 69.8 Å². The largest absolute Gasteiger partial charge is 0.446 e. The fraction of sp³-hybridized carbons (Fsp3) is 0.125. The summed E-state index contributed by atoms with van der Waals surface area (Å²) in [6, 6.07) is 10.8. The molecule has 2 amide bonds. The van der Waals surface area contributed by atoms with Crippen LogP contribution in [0.1, 0.15) is 5.56 Å². The molecule has 0 atom stereocenters. The summed E-state index contributed by atoms with van der Waals surface area (Å²) < 4.78 is 36.8. The van der Waals surface area contributed by atoms with E-state index in [1.807, 2.05) is 6.07 Å². The second kappa shape index (κ2) is 7.06. The van der Waals surface area contributed by atoms with Crippen molar-refractivity contribution < 1.29 is 18.0 Å². The third-order valence-electron chi connectivity index (χ3n) is 3.34. The number of nitrogens with zero attached hydrogens (tertiary/aromatic N) is 1. The average Bonchev–Trinajstić information content (AvgIpc) is 3.02. The summed E-state index contributed by atoms with van der Waals surface area (Å²) in [5.74, 6) is 0. The minimum absolute atomic E-state index is 0.104. The van der Waals surface area contributed by atoms with Crippen LogP contribution in [0, 0.1) is 0 Å². The van der Waals surface area contributed by atoms with Crippen LogP contribution in [0.3, 0.4) is 0 Å². The molecule has 3 rings (SSSR count). The SMILES string of the molecule is O=C(NCc1ccc(SC(F)(F)F)cc1)Nc1cccc2[nH]ncc12. The van der Waals surface area contributed by atoms with Crippen LogP contribution < -0.4 is 10.6 Å². The fourth-order valence-corrected chi connectivity index (χ4v) is 2.77. The first kappa shape index (κ1) is 17.2. The number of aromatic amines is 1. The molecule has 0 spiro atoms. The van der Waals surface area contributed by atoms with Crippen molar-refractivity contribution >= 4 is 34.4 Å². The molecule has 3 N–H and O–H groups in total. The van der Waals surface area contributed by atoms with E-state index in [1.54, 1.807) is 30.5 Å². The Kier molecular flexibility index (Phi) is 4.84. The highest BCUT2D eigenvalue weighted by molar-refractivity contribution is 8.00. The second-order valence-corrected chi connectivity index (χ2v) is 6.27. The Bertz CT molecular complexity index is 877. The molecule has 0 radical (unpaired) electrons. The highest BCUT2D eigenvalue weighted by Crippen LogP contribution is 2.36. The lowest BCUT2D eigenvalue weighted by atomic mass is 10.2. The number of carbonyl (C=O) groups is 1. The molecule has 2 aromatic carbocycles. The van der Waals surface area contributed by atoms with Crippen LogP contribution in [-0.4, -0.2) is 21.7 Å². The number of halogens is 3. The van der Waals surface area contributed by atoms with Gasteiger partial charge in [-0.3, -0.25) is 5.10 Å². The van der Waals surface area contributed by atoms with E-state index in [2.05, 4.69) is 20.8 Å². The highest BCUT2D eigenvalue weighted by atomic mass is 32.2. The van der Waals surface area contributed by atoms with E-state index < -0.39 is 11.5 Å². The van der Waals surface area contributed by atoms with Gasteiger partial charge in [-0.2, -0.15) is 18.3 Å². The van der Waals surface area contributed by atoms with E-state index in [-0.39, 0.29) is 23.2 Å². The van der Waals surface area contributed by atoms with Gasteiger partial charge in [0.2, 0.25) is 0 Å². The summed E-state index contributed by atoms with van der Waals surface area (Å²) in [7, 11) is 0. The van der Waals surface area contributed by atoms with Gasteiger partial charge in [0.05, 0.1) is 17.4 Å². The van der Waals surface area contributed by atoms with Crippen molar-refractivity contribution in [1.82, 2.24) is 15.5 Å². The van der Waals surface area contributed by atoms with Gasteiger partial charge in [0.1, 0.15) is 0 Å². The van der Waals surface area contributed by atoms with Crippen LogP contribution in [0.4, 0.5) is 23.7 Å². The highest BCUT2D eigenvalue weighted by Gasteiger charge is 2.28. The van der Waals surface area contributed by atoms with Gasteiger partial charge in [0.15, 0.2) is 0 Å². The van der Waals surface area contributed by atoms with Crippen LogP contribution in [0.15, 0.2) is 53.6 Å². The standard InChI is InChI=1S/C16H13F3N4OS/c17-16(18,19)25-11-6-4-10(5-7-11)8-20-15(24)22-13-2-1-3-14-12(13)9-21-23-14/h1-7,9H,8H2,(H,21,23)(H2,20,22,24). The van der Waals surface area contributed by atoms with Gasteiger partial charge in [0.25, 0.3) is 0 Å². The maximum atomic E-state index is 12.3. The second-order valence-electron chi connectivity index (χ2n) is 5.14. The summed E-state index contributed by atoms with van der Waals surface area (Å²) in [6.07, 6.45) is 1.61. The quantitative estimate of drug-likeness (QED) is 0.596. The normalized spacial score (nSPS) is 11.5. The monoisotopic (exact) mass is 366 g/mol. The number of nitrogens with one attached hydrogen (secondary N) is 3. The molecule has 5 nitrogen and oxygen atoms in total. The first-order valence-electron chi connectivity index (χ1n) is 7.22. The van der Waals surface area contributed by atoms with Gasteiger partial charge >= 0.3 is 11.5 Å². The Hall–Kier alpha value is -2.68. The van der Waals surface area contributed by atoms with Crippen molar-refractivity contribution in [1.29, 1.82) is 0 Å². The van der Waals surface area contributed by atoms with Crippen molar-refractivity contribution in [3.8, 4) is 0 Å². The lowest BCUT2D eigenvalue weighted by Gasteiger charge is -2.09. The van der Waals surface area contributed by atoms with Gasteiger partial charge in [-0.05, 0) is 41.6 Å². The predicted molar refractivity (Wildman–Crippen MR) is 90.3 cm³/mol. The Morgan fingerprint density at radius 2 is 1.92 bits per heavy atom. The van der Waals surface area contributed by atoms with Crippen molar-refractivity contribution in [2.24, 2.45) is 0 Å². The number of aromatic nitrogens is 2. The summed E-state index contributed by atoms with van der Waals surface area (Å²) >= 11 is -0.171. The zero-order chi connectivity index (χ0) is 17.9. The molecule has 25 heavy (non-hydrogen) atoms. The molecule has 1 heterocycles. The first-order chi connectivity index (χ1) is 11.9. The summed E-state index contributed by atoms with van der Waals surface area (Å²) in [4.78, 5) is 12.1. The number of urea groups is 1. The number of H-pyrrole nitrogens is 1. The third kappa shape index (κ3) is 4.66. The number of rotatable bonds is 4.